The molecule has 3 rings (SSSR count). The Balaban J connectivity index is 1.34. The number of carboxylic acid groups (broad SMARTS) is 1. The van der Waals surface area contributed by atoms with Crippen molar-refractivity contribution < 1.29 is 47.9 Å². The summed E-state index contributed by atoms with van der Waals surface area (Å²) in [6, 6.07) is 5.24. The van der Waals surface area contributed by atoms with Crippen LogP contribution in [0.25, 0.3) is 5.65 Å². The molecule has 0 radical (unpaired) electrons. The Morgan fingerprint density at radius 2 is 1.49 bits per heavy atom. The molecule has 0 atom stereocenters. The lowest BCUT2D eigenvalue weighted by atomic mass is 10.2. The molecule has 3 aromatic rings. The average Bonchev–Trinajstić information content (AvgIpc) is 3.47. The molecule has 0 spiro atoms. The fourth-order valence-corrected chi connectivity index (χ4v) is 4.18. The summed E-state index contributed by atoms with van der Waals surface area (Å²) < 4.78 is 39.5. The quantitative estimate of drug-likeness (QED) is 0.0789. The van der Waals surface area contributed by atoms with Crippen LogP contribution >= 0.6 is 11.8 Å². The number of hydrogen-bond donors (Lipinski definition) is 3. The van der Waals surface area contributed by atoms with Gasteiger partial charge in [-0.2, -0.15) is 0 Å². The number of hydrogen-bond acceptors (Lipinski definition) is 13. The third kappa shape index (κ3) is 11.5. The van der Waals surface area contributed by atoms with E-state index < -0.39 is 11.9 Å². The number of carbonyl (C=O) groups is 2. The van der Waals surface area contributed by atoms with Crippen LogP contribution in [0.1, 0.15) is 10.4 Å². The zero-order chi connectivity index (χ0) is 30.9. The van der Waals surface area contributed by atoms with Gasteiger partial charge in [0.2, 0.25) is 0 Å². The minimum absolute atomic E-state index is 0.168. The number of benzene rings is 1. The topological polar surface area (TPSA) is 187 Å². The lowest BCUT2D eigenvalue weighted by molar-refractivity contribution is -0.142. The number of rotatable bonds is 23. The smallest absolute Gasteiger partial charge is 0.329 e. The Hall–Kier alpha value is -3.67. The van der Waals surface area contributed by atoms with E-state index in [1.165, 1.54) is 11.8 Å². The van der Waals surface area contributed by atoms with Gasteiger partial charge in [0.05, 0.1) is 66.6 Å². The highest BCUT2D eigenvalue weighted by molar-refractivity contribution is 7.98. The fourth-order valence-electron chi connectivity index (χ4n) is 3.65. The van der Waals surface area contributed by atoms with Crippen molar-refractivity contribution in [3.8, 4) is 11.5 Å². The van der Waals surface area contributed by atoms with Crippen LogP contribution in [0, 0.1) is 0 Å². The van der Waals surface area contributed by atoms with Gasteiger partial charge in [-0.3, -0.25) is 9.20 Å². The number of nitrogens with two attached hydrogens (primary N) is 1. The van der Waals surface area contributed by atoms with Gasteiger partial charge < -0.3 is 49.3 Å². The number of aromatic nitrogens is 3. The number of anilines is 2. The molecule has 2 heterocycles. The zero-order valence-electron chi connectivity index (χ0n) is 24.1. The van der Waals surface area contributed by atoms with Crippen molar-refractivity contribution in [3.05, 3.63) is 36.2 Å². The Morgan fingerprint density at radius 1 is 0.907 bits per heavy atom. The van der Waals surface area contributed by atoms with E-state index >= 15 is 0 Å². The number of primary amides is 1. The molecular weight excluding hydrogens is 586 g/mol. The van der Waals surface area contributed by atoms with Crippen LogP contribution in [-0.2, 0) is 28.5 Å². The van der Waals surface area contributed by atoms with Crippen LogP contribution in [0.15, 0.2) is 35.7 Å². The second-order valence-corrected chi connectivity index (χ2v) is 9.35. The number of nitrogens with one attached hydrogen (secondary N) is 1. The first-order chi connectivity index (χ1) is 20.9. The van der Waals surface area contributed by atoms with Gasteiger partial charge in [0.25, 0.3) is 5.91 Å². The molecule has 0 saturated carbocycles. The zero-order valence-corrected chi connectivity index (χ0v) is 24.9. The number of ether oxygens (including phenoxy) is 7. The van der Waals surface area contributed by atoms with E-state index in [1.807, 2.05) is 6.26 Å². The van der Waals surface area contributed by atoms with Crippen LogP contribution in [-0.4, -0.2) is 117 Å². The van der Waals surface area contributed by atoms with E-state index in [1.54, 1.807) is 42.1 Å². The second kappa shape index (κ2) is 18.8. The second-order valence-electron chi connectivity index (χ2n) is 8.57. The summed E-state index contributed by atoms with van der Waals surface area (Å²) in [5.74, 6) is -0.318. The average molecular weight is 624 g/mol. The number of aliphatic carboxylic acids is 1. The summed E-state index contributed by atoms with van der Waals surface area (Å²) >= 11 is 1.41. The Morgan fingerprint density at radius 3 is 2.05 bits per heavy atom. The van der Waals surface area contributed by atoms with E-state index in [0.29, 0.717) is 87.5 Å². The van der Waals surface area contributed by atoms with Crippen molar-refractivity contribution in [2.24, 2.45) is 5.73 Å². The maximum Gasteiger partial charge on any atom is 0.329 e. The lowest BCUT2D eigenvalue weighted by Gasteiger charge is -2.15. The number of thioether (sulfide) groups is 1. The molecule has 0 aliphatic rings. The highest BCUT2D eigenvalue weighted by Crippen LogP contribution is 2.31. The van der Waals surface area contributed by atoms with Crippen LogP contribution in [0.2, 0.25) is 0 Å². The molecule has 0 aliphatic heterocycles. The lowest BCUT2D eigenvalue weighted by Crippen LogP contribution is -2.17. The standard InChI is InChI=1S/C27H37N5O10S/c1-36-20-15-19(30-25-23(24(28)35)26-29-3-4-32(26)27(31-25)43-2)16-21(17-20)42-14-13-40-10-9-38-6-5-37-7-8-39-11-12-41-18-22(33)34/h3-4,15-17,30H,5-14,18H2,1-2H3,(H2,28,35)(H,33,34). The molecule has 0 aliphatic carbocycles. The van der Waals surface area contributed by atoms with E-state index in [0.717, 1.165) is 0 Å². The fraction of sp³-hybridized carbons (Fsp3) is 0.481. The van der Waals surface area contributed by atoms with Gasteiger partial charge in [0, 0.05) is 36.3 Å². The van der Waals surface area contributed by atoms with Gasteiger partial charge in [-0.15, -0.1) is 0 Å². The molecule has 43 heavy (non-hydrogen) atoms. The number of carboxylic acids is 1. The molecule has 0 fully saturated rings. The number of amides is 1. The van der Waals surface area contributed by atoms with Crippen LogP contribution < -0.4 is 20.5 Å². The molecule has 236 valence electrons. The van der Waals surface area contributed by atoms with Gasteiger partial charge in [0.15, 0.2) is 10.8 Å². The molecule has 4 N–H and O–H groups in total. The summed E-state index contributed by atoms with van der Waals surface area (Å²) in [6.07, 6.45) is 5.18. The monoisotopic (exact) mass is 623 g/mol. The van der Waals surface area contributed by atoms with Gasteiger partial charge in [-0.05, 0) is 6.26 Å². The molecule has 1 amide bonds. The molecule has 0 saturated heterocycles. The third-order valence-corrected chi connectivity index (χ3v) is 6.19. The summed E-state index contributed by atoms with van der Waals surface area (Å²) in [6.45, 7) is 3.24. The van der Waals surface area contributed by atoms with Crippen molar-refractivity contribution in [1.82, 2.24) is 14.4 Å². The van der Waals surface area contributed by atoms with E-state index in [4.69, 9.17) is 44.0 Å². The first kappa shape index (κ1) is 33.8. The number of imidazole rings is 1. The van der Waals surface area contributed by atoms with E-state index in [2.05, 4.69) is 15.3 Å². The summed E-state index contributed by atoms with van der Waals surface area (Å²) in [4.78, 5) is 31.4. The SMILES string of the molecule is COc1cc(Nc2nc(SC)n3ccnc3c2C(N)=O)cc(OCCOCCOCCOCCOCCOCC(=O)O)c1. The van der Waals surface area contributed by atoms with Crippen molar-refractivity contribution in [1.29, 1.82) is 0 Å². The Kier molecular flexibility index (Phi) is 14.8. The number of fused-ring (bicyclic) bond motifs is 1. The predicted molar refractivity (Wildman–Crippen MR) is 157 cm³/mol. The molecule has 1 aromatic carbocycles. The third-order valence-electron chi connectivity index (χ3n) is 5.53. The normalized spacial score (nSPS) is 11.1. The first-order valence-electron chi connectivity index (χ1n) is 13.3. The molecule has 15 nitrogen and oxygen atoms in total. The molecule has 2 aromatic heterocycles. The number of carbonyl (C=O) groups excluding carboxylic acids is 1. The first-order valence-corrected chi connectivity index (χ1v) is 14.6. The van der Waals surface area contributed by atoms with E-state index in [-0.39, 0.29) is 24.6 Å². The molecule has 0 unspecified atom stereocenters. The van der Waals surface area contributed by atoms with Gasteiger partial charge in [-0.1, -0.05) is 11.8 Å². The highest BCUT2D eigenvalue weighted by Gasteiger charge is 2.20. The molecular formula is C27H37N5O10S. The van der Waals surface area contributed by atoms with E-state index in [9.17, 15) is 9.59 Å². The van der Waals surface area contributed by atoms with Crippen molar-refractivity contribution >= 4 is 40.8 Å². The maximum absolute atomic E-state index is 12.3. The molecule has 16 heteroatoms. The van der Waals surface area contributed by atoms with Crippen LogP contribution in [0.3, 0.4) is 0 Å². The van der Waals surface area contributed by atoms with Crippen molar-refractivity contribution in [2.45, 2.75) is 5.16 Å². The number of methoxy groups -OCH3 is 1. The van der Waals surface area contributed by atoms with Crippen molar-refractivity contribution in [2.75, 3.05) is 91.4 Å². The van der Waals surface area contributed by atoms with Crippen LogP contribution in [0.5, 0.6) is 11.5 Å². The van der Waals surface area contributed by atoms with Crippen LogP contribution in [0.4, 0.5) is 11.5 Å². The Bertz CT molecular complexity index is 1310. The largest absolute Gasteiger partial charge is 0.497 e. The minimum Gasteiger partial charge on any atom is -0.497 e. The Labute approximate surface area is 252 Å². The van der Waals surface area contributed by atoms with Gasteiger partial charge in [0.1, 0.15) is 36.1 Å². The van der Waals surface area contributed by atoms with Gasteiger partial charge >= 0.3 is 5.97 Å². The summed E-state index contributed by atoms with van der Waals surface area (Å²) in [5.41, 5.74) is 6.83. The summed E-state index contributed by atoms with van der Waals surface area (Å²) in [7, 11) is 1.54. The van der Waals surface area contributed by atoms with Crippen molar-refractivity contribution in [3.63, 3.8) is 0 Å². The predicted octanol–water partition coefficient (Wildman–Crippen LogP) is 1.85. The van der Waals surface area contributed by atoms with Gasteiger partial charge in [-0.25, -0.2) is 14.8 Å². The maximum atomic E-state index is 12.3. The molecule has 0 bridgehead atoms. The summed E-state index contributed by atoms with van der Waals surface area (Å²) in [5, 5.41) is 12.2. The minimum atomic E-state index is -1.01. The number of nitrogens with zero attached hydrogens (tertiary/aromatic N) is 3. The highest BCUT2D eigenvalue weighted by atomic mass is 32.2.